The third-order valence-electron chi connectivity index (χ3n) is 7.09. The number of hydrogen-bond donors (Lipinski definition) is 5. The molecule has 18 heteroatoms. The first-order valence-corrected chi connectivity index (χ1v) is 16.7. The maximum atomic E-state index is 13.3. The van der Waals surface area contributed by atoms with Crippen molar-refractivity contribution in [2.75, 3.05) is 24.3 Å². The molecule has 5 rings (SSSR count). The summed E-state index contributed by atoms with van der Waals surface area (Å²) in [4.78, 5) is 66.9. The summed E-state index contributed by atoms with van der Waals surface area (Å²) in [5.74, 6) is -2.91. The maximum Gasteiger partial charge on any atom is 0.352 e. The number of carbonyl (C=O) groups excluding carboxylic acids is 2. The molecule has 4 heterocycles. The molecule has 3 unspecified atom stereocenters. The number of anilines is 1. The van der Waals surface area contributed by atoms with Gasteiger partial charge in [0.05, 0.1) is 12.5 Å². The number of thioether (sulfide) groups is 2. The summed E-state index contributed by atoms with van der Waals surface area (Å²) in [5, 5.41) is 27.1. The van der Waals surface area contributed by atoms with Gasteiger partial charge in [-0.25, -0.2) is 14.8 Å². The quantitative estimate of drug-likeness (QED) is 0.129. The summed E-state index contributed by atoms with van der Waals surface area (Å²) in [6.07, 6.45) is 0.623. The molecular formula is C28H30N8O7S3. The van der Waals surface area contributed by atoms with E-state index in [9.17, 15) is 24.3 Å². The standard InChI is InChI=1S/C28H30N8O7S3/c1-13(8-19(37)38)43-34-20(16-12-45-27(30)31-16)23(39)33-21-24(40)36-22(26(41)42)15(10-44-25(21)36)11-46-28-32-18(29)9-17(35(28)2)14-6-4-3-5-7-14/h3-7,9,12-13,17,21,25H,8,10-11,29H2,1-2H3,(H2,30,31)(H,33,39)(H,37,38)(H,41,42)/b34-20-/t13?,17?,21?,25-/m0/s1. The number of carboxylic acid groups (broad SMARTS) is 2. The molecule has 1 aromatic heterocycles. The van der Waals surface area contributed by atoms with E-state index in [-0.39, 0.29) is 40.4 Å². The number of oxime groups is 1. The van der Waals surface area contributed by atoms with Gasteiger partial charge in [-0.2, -0.15) is 0 Å². The molecule has 2 amide bonds. The Bertz CT molecular complexity index is 1680. The number of aliphatic imine (C=N–C) groups is 1. The zero-order valence-electron chi connectivity index (χ0n) is 24.5. The molecule has 0 aliphatic carbocycles. The fourth-order valence-corrected chi connectivity index (χ4v) is 7.96. The minimum absolute atomic E-state index is 0.0773. The summed E-state index contributed by atoms with van der Waals surface area (Å²) in [7, 11) is 1.88. The second kappa shape index (κ2) is 13.8. The first-order valence-electron chi connectivity index (χ1n) is 13.8. The lowest BCUT2D eigenvalue weighted by molar-refractivity contribution is -0.150. The number of likely N-dealkylation sites (N-methyl/N-ethyl adjacent to an activating group) is 1. The van der Waals surface area contributed by atoms with Gasteiger partial charge in [0.1, 0.15) is 34.7 Å². The summed E-state index contributed by atoms with van der Waals surface area (Å²) < 4.78 is 0. The molecule has 3 aliphatic rings. The Labute approximate surface area is 275 Å². The van der Waals surface area contributed by atoms with Crippen molar-refractivity contribution in [3.8, 4) is 0 Å². The maximum absolute atomic E-state index is 13.3. The first-order chi connectivity index (χ1) is 21.9. The van der Waals surface area contributed by atoms with Crippen molar-refractivity contribution in [3.63, 3.8) is 0 Å². The number of nitrogens with one attached hydrogen (secondary N) is 1. The van der Waals surface area contributed by atoms with Gasteiger partial charge < -0.3 is 36.7 Å². The van der Waals surface area contributed by atoms with Crippen LogP contribution in [0.15, 0.2) is 69.0 Å². The van der Waals surface area contributed by atoms with Gasteiger partial charge in [0, 0.05) is 23.9 Å². The van der Waals surface area contributed by atoms with Gasteiger partial charge >= 0.3 is 11.9 Å². The van der Waals surface area contributed by atoms with E-state index in [1.54, 1.807) is 0 Å². The van der Waals surface area contributed by atoms with E-state index < -0.39 is 41.3 Å². The Morgan fingerprint density at radius 3 is 2.63 bits per heavy atom. The van der Waals surface area contributed by atoms with Crippen LogP contribution < -0.4 is 16.8 Å². The van der Waals surface area contributed by atoms with E-state index in [2.05, 4.69) is 20.4 Å². The van der Waals surface area contributed by atoms with Gasteiger partial charge in [-0.1, -0.05) is 47.2 Å². The largest absolute Gasteiger partial charge is 0.481 e. The second-order valence-electron chi connectivity index (χ2n) is 10.4. The highest BCUT2D eigenvalue weighted by atomic mass is 32.2. The molecule has 1 fully saturated rings. The Kier molecular flexibility index (Phi) is 9.88. The summed E-state index contributed by atoms with van der Waals surface area (Å²) in [5.41, 5.74) is 13.0. The molecule has 242 valence electrons. The van der Waals surface area contributed by atoms with Gasteiger partial charge in [-0.3, -0.25) is 19.3 Å². The molecule has 46 heavy (non-hydrogen) atoms. The van der Waals surface area contributed by atoms with Crippen LogP contribution in [0.4, 0.5) is 5.13 Å². The SMILES string of the molecule is CC(CC(=O)O)O/N=C(\C(=O)NC1C(=O)N2C(C(=O)O)=C(CSC3=NC(N)=CC(c4ccccc4)N3C)CS[C@@H]12)c1csc(N)n1. The number of amides is 2. The van der Waals surface area contributed by atoms with Crippen LogP contribution in [0, 0.1) is 0 Å². The molecule has 0 saturated carbocycles. The van der Waals surface area contributed by atoms with Crippen molar-refractivity contribution in [3.05, 3.63) is 70.1 Å². The summed E-state index contributed by atoms with van der Waals surface area (Å²) in [6, 6.07) is 8.56. The number of nitrogen functional groups attached to an aromatic ring is 1. The van der Waals surface area contributed by atoms with Crippen molar-refractivity contribution in [1.29, 1.82) is 0 Å². The van der Waals surface area contributed by atoms with Crippen LogP contribution in [0.1, 0.15) is 30.6 Å². The number of fused-ring (bicyclic) bond motifs is 1. The number of amidine groups is 1. The smallest absolute Gasteiger partial charge is 0.352 e. The molecule has 0 spiro atoms. The third-order valence-corrected chi connectivity index (χ3v) is 10.2. The molecular weight excluding hydrogens is 657 g/mol. The molecule has 7 N–H and O–H groups in total. The van der Waals surface area contributed by atoms with Gasteiger partial charge in [-0.15, -0.1) is 23.1 Å². The molecule has 4 atom stereocenters. The number of nitrogens with zero attached hydrogens (tertiary/aromatic N) is 5. The number of rotatable bonds is 11. The highest BCUT2D eigenvalue weighted by Gasteiger charge is 2.54. The highest BCUT2D eigenvalue weighted by molar-refractivity contribution is 8.14. The molecule has 1 aromatic carbocycles. The van der Waals surface area contributed by atoms with Gasteiger partial charge in [0.15, 0.2) is 16.0 Å². The van der Waals surface area contributed by atoms with E-state index in [4.69, 9.17) is 21.4 Å². The Balaban J connectivity index is 1.29. The predicted molar refractivity (Wildman–Crippen MR) is 175 cm³/mol. The van der Waals surface area contributed by atoms with Gasteiger partial charge in [-0.05, 0) is 24.1 Å². The van der Waals surface area contributed by atoms with E-state index in [1.807, 2.05) is 48.4 Å². The lowest BCUT2D eigenvalue weighted by Crippen LogP contribution is -2.71. The lowest BCUT2D eigenvalue weighted by Gasteiger charge is -2.49. The number of hydrogen-bond acceptors (Lipinski definition) is 14. The van der Waals surface area contributed by atoms with Gasteiger partial charge in [0.25, 0.3) is 11.8 Å². The molecule has 0 bridgehead atoms. The van der Waals surface area contributed by atoms with E-state index in [1.165, 1.54) is 40.7 Å². The fourth-order valence-electron chi connectivity index (χ4n) is 4.91. The number of carboxylic acids is 2. The number of thiazole rings is 1. The second-order valence-corrected chi connectivity index (χ2v) is 13.3. The van der Waals surface area contributed by atoms with Crippen molar-refractivity contribution in [2.24, 2.45) is 15.9 Å². The van der Waals surface area contributed by atoms with Crippen LogP contribution in [0.25, 0.3) is 0 Å². The van der Waals surface area contributed by atoms with Crippen molar-refractivity contribution in [1.82, 2.24) is 20.1 Å². The van der Waals surface area contributed by atoms with E-state index in [0.29, 0.717) is 22.3 Å². The summed E-state index contributed by atoms with van der Waals surface area (Å²) >= 11 is 3.69. The van der Waals surface area contributed by atoms with Crippen LogP contribution >= 0.6 is 34.9 Å². The average molecular weight is 687 g/mol. The third kappa shape index (κ3) is 6.97. The van der Waals surface area contributed by atoms with Crippen LogP contribution in [0.3, 0.4) is 0 Å². The monoisotopic (exact) mass is 686 g/mol. The fraction of sp³-hybridized carbons (Fsp3) is 0.321. The first kappa shape index (κ1) is 32.8. The number of benzene rings is 1. The number of nitrogens with two attached hydrogens (primary N) is 2. The Morgan fingerprint density at radius 1 is 1.24 bits per heavy atom. The van der Waals surface area contributed by atoms with Crippen LogP contribution in [-0.2, 0) is 24.0 Å². The lowest BCUT2D eigenvalue weighted by atomic mass is 10.0. The minimum Gasteiger partial charge on any atom is -0.481 e. The van der Waals surface area contributed by atoms with E-state index in [0.717, 1.165) is 16.9 Å². The Hall–Kier alpha value is -4.55. The molecule has 0 radical (unpaired) electrons. The minimum atomic E-state index is -1.26. The number of aliphatic carboxylic acids is 2. The van der Waals surface area contributed by atoms with Crippen molar-refractivity contribution < 1.29 is 34.2 Å². The highest BCUT2D eigenvalue weighted by Crippen LogP contribution is 2.41. The summed E-state index contributed by atoms with van der Waals surface area (Å²) in [6.45, 7) is 1.47. The molecule has 1 saturated heterocycles. The van der Waals surface area contributed by atoms with Crippen LogP contribution in [0.2, 0.25) is 0 Å². The normalized spacial score (nSPS) is 21.9. The van der Waals surface area contributed by atoms with Gasteiger partial charge in [0.2, 0.25) is 0 Å². The van der Waals surface area contributed by atoms with Crippen molar-refractivity contribution >= 4 is 74.6 Å². The topological polar surface area (TPSA) is 226 Å². The number of aromatic nitrogens is 1. The van der Waals surface area contributed by atoms with Crippen LogP contribution in [-0.4, -0.2) is 95.7 Å². The number of carbonyl (C=O) groups is 4. The number of β-lactam (4-membered cyclic amide) rings is 1. The average Bonchev–Trinajstić information content (AvgIpc) is 3.45. The zero-order chi connectivity index (χ0) is 33.1. The molecule has 2 aromatic rings. The molecule has 15 nitrogen and oxygen atoms in total. The Morgan fingerprint density at radius 2 is 1.98 bits per heavy atom. The van der Waals surface area contributed by atoms with Crippen molar-refractivity contribution in [2.45, 2.75) is 36.9 Å². The molecule has 3 aliphatic heterocycles. The predicted octanol–water partition coefficient (Wildman–Crippen LogP) is 1.62. The van der Waals surface area contributed by atoms with Crippen LogP contribution in [0.5, 0.6) is 0 Å². The zero-order valence-corrected chi connectivity index (χ0v) is 27.0. The van der Waals surface area contributed by atoms with E-state index >= 15 is 0 Å².